The first-order chi connectivity index (χ1) is 5.30. The molecule has 0 bridgehead atoms. The number of carbonyl (C=O) groups is 2. The van der Waals surface area contributed by atoms with E-state index in [0.717, 1.165) is 6.92 Å². The minimum atomic E-state index is -4.90. The summed E-state index contributed by atoms with van der Waals surface area (Å²) in [5, 5.41) is 0. The number of hydrogen-bond acceptors (Lipinski definition) is 2. The molecule has 0 aromatic carbocycles. The van der Waals surface area contributed by atoms with Gasteiger partial charge in [0.2, 0.25) is 5.78 Å². The summed E-state index contributed by atoms with van der Waals surface area (Å²) in [6.07, 6.45) is -5.00. The van der Waals surface area contributed by atoms with E-state index in [2.05, 4.69) is 0 Å². The van der Waals surface area contributed by atoms with Crippen molar-refractivity contribution in [1.29, 1.82) is 0 Å². The Kier molecular flexibility index (Phi) is 6.77. The molecule has 1 atom stereocenters. The molecule has 74 valence electrons. The Morgan fingerprint density at radius 3 is 1.77 bits per heavy atom. The first kappa shape index (κ1) is 15.5. The molecule has 0 rings (SSSR count). The molecule has 0 amide bonds. The van der Waals surface area contributed by atoms with Crippen LogP contribution in [-0.4, -0.2) is 17.7 Å². The maximum Gasteiger partial charge on any atom is 0.450 e. The van der Waals surface area contributed by atoms with Gasteiger partial charge in [-0.05, 0) is 13.3 Å². The van der Waals surface area contributed by atoms with E-state index < -0.39 is 23.7 Å². The Morgan fingerprint density at radius 1 is 1.31 bits per heavy atom. The van der Waals surface area contributed by atoms with Crippen LogP contribution in [0.1, 0.15) is 20.3 Å². The standard InChI is InChI=1S/C7H9F3O2.Zr/c1-3-5(4(2)11)6(12)7(8,9)10;/h5H,3H2,1-2H3;. The van der Waals surface area contributed by atoms with Crippen LogP contribution in [0.2, 0.25) is 0 Å². The molecule has 0 aromatic heterocycles. The summed E-state index contributed by atoms with van der Waals surface area (Å²) in [6.45, 7) is 2.35. The summed E-state index contributed by atoms with van der Waals surface area (Å²) in [6, 6.07) is 0. The van der Waals surface area contributed by atoms with Crippen LogP contribution in [0.15, 0.2) is 0 Å². The average Bonchev–Trinajstić information content (AvgIpc) is 1.86. The van der Waals surface area contributed by atoms with Gasteiger partial charge >= 0.3 is 6.18 Å². The quantitative estimate of drug-likeness (QED) is 0.734. The summed E-state index contributed by atoms with van der Waals surface area (Å²) in [4.78, 5) is 21.0. The Morgan fingerprint density at radius 2 is 1.69 bits per heavy atom. The fourth-order valence-corrected chi connectivity index (χ4v) is 0.855. The number of rotatable bonds is 3. The largest absolute Gasteiger partial charge is 0.450 e. The third-order valence-electron chi connectivity index (χ3n) is 1.49. The van der Waals surface area contributed by atoms with Crippen molar-refractivity contribution in [3.63, 3.8) is 0 Å². The van der Waals surface area contributed by atoms with Gasteiger partial charge in [-0.1, -0.05) is 6.92 Å². The van der Waals surface area contributed by atoms with Crippen molar-refractivity contribution in [3.8, 4) is 0 Å². The van der Waals surface area contributed by atoms with E-state index >= 15 is 0 Å². The zero-order chi connectivity index (χ0) is 9.94. The average molecular weight is 273 g/mol. The third kappa shape index (κ3) is 4.70. The number of carbonyl (C=O) groups excluding carboxylic acids is 2. The topological polar surface area (TPSA) is 34.1 Å². The molecule has 0 saturated carbocycles. The van der Waals surface area contributed by atoms with Crippen LogP contribution in [0.4, 0.5) is 13.2 Å². The number of hydrogen-bond donors (Lipinski definition) is 0. The van der Waals surface area contributed by atoms with Gasteiger partial charge in [0.1, 0.15) is 5.78 Å². The predicted octanol–water partition coefficient (Wildman–Crippen LogP) is 1.73. The van der Waals surface area contributed by atoms with Gasteiger partial charge in [-0.25, -0.2) is 0 Å². The smallest absolute Gasteiger partial charge is 0.299 e. The monoisotopic (exact) mass is 272 g/mol. The van der Waals surface area contributed by atoms with Gasteiger partial charge in [0.25, 0.3) is 0 Å². The number of alkyl halides is 3. The van der Waals surface area contributed by atoms with E-state index in [1.54, 1.807) is 0 Å². The molecule has 0 radical (unpaired) electrons. The molecular formula is C7H9F3O2Zr. The van der Waals surface area contributed by atoms with E-state index in [4.69, 9.17) is 0 Å². The van der Waals surface area contributed by atoms with Crippen LogP contribution in [0.5, 0.6) is 0 Å². The number of halogens is 3. The predicted molar refractivity (Wildman–Crippen MR) is 35.5 cm³/mol. The third-order valence-corrected chi connectivity index (χ3v) is 1.49. The van der Waals surface area contributed by atoms with Crippen molar-refractivity contribution in [2.45, 2.75) is 26.4 Å². The first-order valence-corrected chi connectivity index (χ1v) is 3.42. The molecule has 0 spiro atoms. The molecule has 0 saturated heterocycles. The second kappa shape index (κ2) is 5.68. The Balaban J connectivity index is 0. The van der Waals surface area contributed by atoms with Crippen molar-refractivity contribution in [3.05, 3.63) is 0 Å². The van der Waals surface area contributed by atoms with Crippen LogP contribution in [-0.2, 0) is 35.8 Å². The maximum atomic E-state index is 11.7. The van der Waals surface area contributed by atoms with E-state index in [1.807, 2.05) is 0 Å². The van der Waals surface area contributed by atoms with Gasteiger partial charge < -0.3 is 0 Å². The Labute approximate surface area is 93.0 Å². The van der Waals surface area contributed by atoms with Gasteiger partial charge in [0, 0.05) is 26.2 Å². The van der Waals surface area contributed by atoms with Gasteiger partial charge in [0.15, 0.2) is 0 Å². The maximum absolute atomic E-state index is 11.7. The minimum absolute atomic E-state index is 0. The summed E-state index contributed by atoms with van der Waals surface area (Å²) in [7, 11) is 0. The Bertz CT molecular complexity index is 200. The van der Waals surface area contributed by atoms with Gasteiger partial charge in [-0.2, -0.15) is 13.2 Å². The summed E-state index contributed by atoms with van der Waals surface area (Å²) < 4.78 is 35.2. The summed E-state index contributed by atoms with van der Waals surface area (Å²) in [5.41, 5.74) is 0. The molecule has 0 N–H and O–H groups in total. The molecule has 0 aromatic rings. The number of ketones is 2. The van der Waals surface area contributed by atoms with E-state index in [0.29, 0.717) is 0 Å². The first-order valence-electron chi connectivity index (χ1n) is 3.42. The second-order valence-electron chi connectivity index (χ2n) is 2.43. The normalized spacial score (nSPS) is 13.0. The van der Waals surface area contributed by atoms with Crippen molar-refractivity contribution < 1.29 is 49.0 Å². The van der Waals surface area contributed by atoms with Crippen molar-refractivity contribution in [1.82, 2.24) is 0 Å². The number of Topliss-reactive ketones (excluding diaryl/α,β-unsaturated/α-hetero) is 2. The molecular weight excluding hydrogens is 264 g/mol. The van der Waals surface area contributed by atoms with Crippen LogP contribution in [0.25, 0.3) is 0 Å². The van der Waals surface area contributed by atoms with Crippen LogP contribution in [0.3, 0.4) is 0 Å². The molecule has 13 heavy (non-hydrogen) atoms. The summed E-state index contributed by atoms with van der Waals surface area (Å²) >= 11 is 0. The van der Waals surface area contributed by atoms with E-state index in [-0.39, 0.29) is 32.6 Å². The van der Waals surface area contributed by atoms with E-state index in [1.165, 1.54) is 6.92 Å². The second-order valence-corrected chi connectivity index (χ2v) is 2.43. The van der Waals surface area contributed by atoms with Crippen LogP contribution in [0, 0.1) is 5.92 Å². The zero-order valence-corrected chi connectivity index (χ0v) is 9.69. The zero-order valence-electron chi connectivity index (χ0n) is 7.23. The Hall–Kier alpha value is 0.0131. The van der Waals surface area contributed by atoms with Gasteiger partial charge in [-0.3, -0.25) is 9.59 Å². The molecule has 6 heteroatoms. The van der Waals surface area contributed by atoms with E-state index in [9.17, 15) is 22.8 Å². The van der Waals surface area contributed by atoms with Gasteiger partial charge in [-0.15, -0.1) is 0 Å². The van der Waals surface area contributed by atoms with Crippen LogP contribution < -0.4 is 0 Å². The van der Waals surface area contributed by atoms with Crippen molar-refractivity contribution in [2.75, 3.05) is 0 Å². The van der Waals surface area contributed by atoms with Crippen molar-refractivity contribution in [2.24, 2.45) is 5.92 Å². The molecule has 0 aliphatic carbocycles. The molecule has 0 fully saturated rings. The molecule has 0 aliphatic heterocycles. The summed E-state index contributed by atoms with van der Waals surface area (Å²) in [5.74, 6) is -4.21. The molecule has 1 unspecified atom stereocenters. The van der Waals surface area contributed by atoms with Crippen LogP contribution >= 0.6 is 0 Å². The molecule has 0 heterocycles. The van der Waals surface area contributed by atoms with Gasteiger partial charge in [0.05, 0.1) is 5.92 Å². The fourth-order valence-electron chi connectivity index (χ4n) is 0.855. The molecule has 2 nitrogen and oxygen atoms in total. The molecule has 0 aliphatic rings. The fraction of sp³-hybridized carbons (Fsp3) is 0.714. The minimum Gasteiger partial charge on any atom is -0.299 e. The SMILES string of the molecule is CCC(C(C)=O)C(=O)C(F)(F)F.[Zr]. The van der Waals surface area contributed by atoms with Crippen molar-refractivity contribution >= 4 is 11.6 Å².